The minimum atomic E-state index is 0.638. The standard InChI is InChI=1S/C15H24/c1-14(2)10-12-11-5-4-7-15(3,9-11)8-6-13(12)14/h5,12-13H,4,6-10H2,1-3H3/t12-,13+,15+/m1/s1. The molecular formula is C15H24. The Kier molecular flexibility index (Phi) is 1.92. The highest BCUT2D eigenvalue weighted by molar-refractivity contribution is 5.22. The van der Waals surface area contributed by atoms with E-state index in [4.69, 9.17) is 0 Å². The fourth-order valence-electron chi connectivity index (χ4n) is 4.49. The summed E-state index contributed by atoms with van der Waals surface area (Å²) in [7, 11) is 0. The predicted octanol–water partition coefficient (Wildman–Crippen LogP) is 4.56. The van der Waals surface area contributed by atoms with E-state index in [1.165, 1.54) is 38.5 Å². The Bertz CT molecular complexity index is 310. The monoisotopic (exact) mass is 204 g/mol. The van der Waals surface area contributed by atoms with E-state index < -0.39 is 0 Å². The van der Waals surface area contributed by atoms with E-state index in [1.807, 2.05) is 5.57 Å². The van der Waals surface area contributed by atoms with Crippen molar-refractivity contribution in [2.75, 3.05) is 0 Å². The largest absolute Gasteiger partial charge is 0.0850 e. The first-order chi connectivity index (χ1) is 7.00. The smallest absolute Gasteiger partial charge is 0.0164 e. The average Bonchev–Trinajstić information content (AvgIpc) is 2.21. The van der Waals surface area contributed by atoms with E-state index in [9.17, 15) is 0 Å². The van der Waals surface area contributed by atoms with E-state index >= 15 is 0 Å². The van der Waals surface area contributed by atoms with Crippen LogP contribution in [0.4, 0.5) is 0 Å². The van der Waals surface area contributed by atoms with Crippen molar-refractivity contribution in [2.45, 2.75) is 59.3 Å². The average molecular weight is 204 g/mol. The van der Waals surface area contributed by atoms with Crippen LogP contribution in [0.15, 0.2) is 11.6 Å². The fraction of sp³-hybridized carbons (Fsp3) is 0.867. The summed E-state index contributed by atoms with van der Waals surface area (Å²) in [6.07, 6.45) is 11.2. The van der Waals surface area contributed by atoms with Crippen LogP contribution in [0.3, 0.4) is 0 Å². The van der Waals surface area contributed by atoms with Gasteiger partial charge in [0.2, 0.25) is 0 Å². The van der Waals surface area contributed by atoms with Crippen molar-refractivity contribution < 1.29 is 0 Å². The normalized spacial score (nSPS) is 47.3. The summed E-state index contributed by atoms with van der Waals surface area (Å²) < 4.78 is 0. The van der Waals surface area contributed by atoms with E-state index in [0.717, 1.165) is 11.8 Å². The molecule has 0 aromatic carbocycles. The Hall–Kier alpha value is -0.260. The third-order valence-corrected chi connectivity index (χ3v) is 5.56. The lowest BCUT2D eigenvalue weighted by Crippen LogP contribution is -2.44. The highest BCUT2D eigenvalue weighted by Gasteiger charge is 2.51. The molecule has 2 bridgehead atoms. The van der Waals surface area contributed by atoms with Gasteiger partial charge >= 0.3 is 0 Å². The molecule has 0 saturated heterocycles. The van der Waals surface area contributed by atoms with Crippen molar-refractivity contribution in [2.24, 2.45) is 22.7 Å². The molecule has 2 fully saturated rings. The number of hydrogen-bond acceptors (Lipinski definition) is 0. The third kappa shape index (κ3) is 1.40. The maximum absolute atomic E-state index is 2.58. The molecule has 0 unspecified atom stereocenters. The zero-order chi connectivity index (χ0) is 10.7. The van der Waals surface area contributed by atoms with Gasteiger partial charge in [0.1, 0.15) is 0 Å². The van der Waals surface area contributed by atoms with Gasteiger partial charge in [-0.2, -0.15) is 0 Å². The van der Waals surface area contributed by atoms with Crippen LogP contribution in [0, 0.1) is 22.7 Å². The van der Waals surface area contributed by atoms with Gasteiger partial charge in [-0.1, -0.05) is 32.4 Å². The van der Waals surface area contributed by atoms with Crippen molar-refractivity contribution in [1.29, 1.82) is 0 Å². The summed E-state index contributed by atoms with van der Waals surface area (Å²) in [4.78, 5) is 0. The van der Waals surface area contributed by atoms with Gasteiger partial charge in [-0.15, -0.1) is 0 Å². The number of allylic oxidation sites excluding steroid dienone is 2. The molecule has 0 radical (unpaired) electrons. The van der Waals surface area contributed by atoms with E-state index in [1.54, 1.807) is 0 Å². The molecule has 0 N–H and O–H groups in total. The molecule has 84 valence electrons. The molecule has 0 spiro atoms. The van der Waals surface area contributed by atoms with Crippen LogP contribution in [0.1, 0.15) is 59.3 Å². The number of fused-ring (bicyclic) bond motifs is 4. The van der Waals surface area contributed by atoms with Crippen molar-refractivity contribution >= 4 is 0 Å². The van der Waals surface area contributed by atoms with Crippen LogP contribution in [-0.2, 0) is 0 Å². The molecule has 0 amide bonds. The lowest BCUT2D eigenvalue weighted by atomic mass is 9.53. The van der Waals surface area contributed by atoms with Crippen LogP contribution in [0.2, 0.25) is 0 Å². The van der Waals surface area contributed by atoms with Gasteiger partial charge in [-0.05, 0) is 61.2 Å². The Balaban J connectivity index is 1.91. The zero-order valence-electron chi connectivity index (χ0n) is 10.5. The van der Waals surface area contributed by atoms with Crippen molar-refractivity contribution in [3.63, 3.8) is 0 Å². The molecule has 0 nitrogen and oxygen atoms in total. The SMILES string of the molecule is CC1(C)C[C@@H]2C3=CCC[C@@](C)(CC[C@@H]21)C3. The van der Waals surface area contributed by atoms with Crippen LogP contribution < -0.4 is 0 Å². The second kappa shape index (κ2) is 2.90. The van der Waals surface area contributed by atoms with Crippen LogP contribution in [-0.4, -0.2) is 0 Å². The second-order valence-electron chi connectivity index (χ2n) is 7.25. The fourth-order valence-corrected chi connectivity index (χ4v) is 4.49. The molecule has 2 saturated carbocycles. The molecule has 3 aliphatic carbocycles. The van der Waals surface area contributed by atoms with E-state index in [2.05, 4.69) is 26.8 Å². The maximum atomic E-state index is 2.58. The minimum Gasteiger partial charge on any atom is -0.0850 e. The van der Waals surface area contributed by atoms with E-state index in [0.29, 0.717) is 10.8 Å². The highest BCUT2D eigenvalue weighted by atomic mass is 14.6. The molecule has 3 rings (SSSR count). The Morgan fingerprint density at radius 3 is 2.73 bits per heavy atom. The van der Waals surface area contributed by atoms with Gasteiger partial charge in [-0.3, -0.25) is 0 Å². The van der Waals surface area contributed by atoms with Crippen LogP contribution >= 0.6 is 0 Å². The topological polar surface area (TPSA) is 0 Å². The third-order valence-electron chi connectivity index (χ3n) is 5.56. The zero-order valence-corrected chi connectivity index (χ0v) is 10.5. The second-order valence-corrected chi connectivity index (χ2v) is 7.25. The summed E-state index contributed by atoms with van der Waals surface area (Å²) in [6, 6.07) is 0. The summed E-state index contributed by atoms with van der Waals surface area (Å²) in [5.74, 6) is 1.98. The molecule has 3 aliphatic rings. The minimum absolute atomic E-state index is 0.638. The Morgan fingerprint density at radius 1 is 1.20 bits per heavy atom. The van der Waals surface area contributed by atoms with E-state index in [-0.39, 0.29) is 0 Å². The van der Waals surface area contributed by atoms with Crippen molar-refractivity contribution in [1.82, 2.24) is 0 Å². The molecule has 0 aromatic rings. The number of hydrogen-bond donors (Lipinski definition) is 0. The van der Waals surface area contributed by atoms with Crippen LogP contribution in [0.5, 0.6) is 0 Å². The summed E-state index contributed by atoms with van der Waals surface area (Å²) >= 11 is 0. The summed E-state index contributed by atoms with van der Waals surface area (Å²) in [5, 5.41) is 0. The highest BCUT2D eigenvalue weighted by Crippen LogP contribution is 2.61. The van der Waals surface area contributed by atoms with Gasteiger partial charge in [0.25, 0.3) is 0 Å². The molecule has 3 atom stereocenters. The maximum Gasteiger partial charge on any atom is -0.0164 e. The molecule has 0 heterocycles. The lowest BCUT2D eigenvalue weighted by molar-refractivity contribution is 0.00659. The lowest BCUT2D eigenvalue weighted by Gasteiger charge is -2.52. The molecular weight excluding hydrogens is 180 g/mol. The first kappa shape index (κ1) is 9.93. The quantitative estimate of drug-likeness (QED) is 0.507. The van der Waals surface area contributed by atoms with Crippen LogP contribution in [0.25, 0.3) is 0 Å². The van der Waals surface area contributed by atoms with Gasteiger partial charge in [0, 0.05) is 0 Å². The first-order valence-corrected chi connectivity index (χ1v) is 6.69. The van der Waals surface area contributed by atoms with Crippen molar-refractivity contribution in [3.05, 3.63) is 11.6 Å². The van der Waals surface area contributed by atoms with Gasteiger partial charge < -0.3 is 0 Å². The van der Waals surface area contributed by atoms with Crippen molar-refractivity contribution in [3.8, 4) is 0 Å². The Morgan fingerprint density at radius 2 is 2.00 bits per heavy atom. The summed E-state index contributed by atoms with van der Waals surface area (Å²) in [5.41, 5.74) is 3.14. The Labute approximate surface area is 94.1 Å². The predicted molar refractivity (Wildman–Crippen MR) is 64.7 cm³/mol. The van der Waals surface area contributed by atoms with Gasteiger partial charge in [-0.25, -0.2) is 0 Å². The molecule has 15 heavy (non-hydrogen) atoms. The van der Waals surface area contributed by atoms with Gasteiger partial charge in [0.15, 0.2) is 0 Å². The molecule has 0 heteroatoms. The van der Waals surface area contributed by atoms with Gasteiger partial charge in [0.05, 0.1) is 0 Å². The first-order valence-electron chi connectivity index (χ1n) is 6.69. The summed E-state index contributed by atoms with van der Waals surface area (Å²) in [6.45, 7) is 7.48. The molecule has 0 aliphatic heterocycles. The molecule has 0 aromatic heterocycles. The number of rotatable bonds is 0.